The van der Waals surface area contributed by atoms with Gasteiger partial charge in [0.15, 0.2) is 0 Å². The van der Waals surface area contributed by atoms with E-state index in [4.69, 9.17) is 0 Å². The molecule has 0 N–H and O–H groups in total. The minimum absolute atomic E-state index is 0.162. The molecule has 0 fully saturated rings. The minimum atomic E-state index is -0.519. The van der Waals surface area contributed by atoms with Crippen molar-refractivity contribution in [1.82, 2.24) is 4.90 Å². The maximum atomic E-state index is 13.1. The quantitative estimate of drug-likeness (QED) is 0.749. The van der Waals surface area contributed by atoms with E-state index in [0.29, 0.717) is 5.56 Å². The molecule has 0 aliphatic carbocycles. The third-order valence-corrected chi connectivity index (χ3v) is 2.23. The zero-order valence-corrected chi connectivity index (χ0v) is 9.99. The fraction of sp³-hybridized carbons (Fsp3) is 0.333. The summed E-state index contributed by atoms with van der Waals surface area (Å²) in [6.45, 7) is 1.53. The summed E-state index contributed by atoms with van der Waals surface area (Å²) >= 11 is 0. The standard InChI is InChI=1S/C12H14FNO3/c1-8-4-9(6-10(13)5-8)12(16)14(2)7-11(15)17-3/h4-6H,7H2,1-3H3. The van der Waals surface area contributed by atoms with Crippen LogP contribution in [0, 0.1) is 12.7 Å². The fourth-order valence-electron chi connectivity index (χ4n) is 1.41. The Morgan fingerprint density at radius 3 is 2.53 bits per heavy atom. The highest BCUT2D eigenvalue weighted by Gasteiger charge is 2.16. The third kappa shape index (κ3) is 3.55. The predicted octanol–water partition coefficient (Wildman–Crippen LogP) is 1.38. The number of aryl methyl sites for hydroxylation is 1. The number of hydrogen-bond acceptors (Lipinski definition) is 3. The van der Waals surface area contributed by atoms with Crippen LogP contribution in [0.4, 0.5) is 4.39 Å². The van der Waals surface area contributed by atoms with E-state index in [9.17, 15) is 14.0 Å². The van der Waals surface area contributed by atoms with Crippen molar-refractivity contribution in [3.05, 3.63) is 35.1 Å². The molecular formula is C12H14FNO3. The fourth-order valence-corrected chi connectivity index (χ4v) is 1.41. The lowest BCUT2D eigenvalue weighted by Crippen LogP contribution is -2.32. The number of carbonyl (C=O) groups excluding carboxylic acids is 2. The topological polar surface area (TPSA) is 46.6 Å². The van der Waals surface area contributed by atoms with Crippen molar-refractivity contribution < 1.29 is 18.7 Å². The molecule has 1 amide bonds. The highest BCUT2D eigenvalue weighted by Crippen LogP contribution is 2.10. The molecule has 0 saturated heterocycles. The van der Waals surface area contributed by atoms with Gasteiger partial charge in [-0.2, -0.15) is 0 Å². The van der Waals surface area contributed by atoms with Crippen molar-refractivity contribution in [3.63, 3.8) is 0 Å². The van der Waals surface area contributed by atoms with Crippen LogP contribution >= 0.6 is 0 Å². The maximum Gasteiger partial charge on any atom is 0.325 e. The molecule has 4 nitrogen and oxygen atoms in total. The molecule has 0 bridgehead atoms. The number of esters is 1. The molecule has 1 rings (SSSR count). The molecule has 0 saturated carbocycles. The van der Waals surface area contributed by atoms with E-state index in [1.165, 1.54) is 25.1 Å². The monoisotopic (exact) mass is 239 g/mol. The Bertz CT molecular complexity index is 425. The van der Waals surface area contributed by atoms with Gasteiger partial charge in [0.05, 0.1) is 7.11 Å². The Morgan fingerprint density at radius 2 is 2.00 bits per heavy atom. The molecule has 0 radical (unpaired) electrons. The Hall–Kier alpha value is -1.91. The molecule has 0 unspecified atom stereocenters. The molecule has 1 aromatic carbocycles. The average Bonchev–Trinajstić information content (AvgIpc) is 2.26. The summed E-state index contributed by atoms with van der Waals surface area (Å²) in [5.41, 5.74) is 0.869. The minimum Gasteiger partial charge on any atom is -0.468 e. The first-order valence-corrected chi connectivity index (χ1v) is 5.03. The zero-order valence-electron chi connectivity index (χ0n) is 9.99. The molecule has 5 heteroatoms. The molecule has 0 spiro atoms. The van der Waals surface area contributed by atoms with Gasteiger partial charge in [-0.25, -0.2) is 4.39 Å². The van der Waals surface area contributed by atoms with E-state index < -0.39 is 17.7 Å². The second kappa shape index (κ2) is 5.43. The number of nitrogens with zero attached hydrogens (tertiary/aromatic N) is 1. The summed E-state index contributed by atoms with van der Waals surface area (Å²) < 4.78 is 17.6. The van der Waals surface area contributed by atoms with Crippen molar-refractivity contribution in [2.45, 2.75) is 6.92 Å². The van der Waals surface area contributed by atoms with Crippen molar-refractivity contribution >= 4 is 11.9 Å². The molecule has 92 valence electrons. The average molecular weight is 239 g/mol. The number of rotatable bonds is 3. The number of carbonyl (C=O) groups is 2. The summed E-state index contributed by atoms with van der Waals surface area (Å²) in [6.07, 6.45) is 0. The molecule has 17 heavy (non-hydrogen) atoms. The molecule has 1 aromatic rings. The Labute approximate surface area is 99.0 Å². The molecular weight excluding hydrogens is 225 g/mol. The van der Waals surface area contributed by atoms with E-state index in [1.807, 2.05) is 0 Å². The van der Waals surface area contributed by atoms with Gasteiger partial charge in [0.25, 0.3) is 5.91 Å². The number of benzene rings is 1. The summed E-state index contributed by atoms with van der Waals surface area (Å²) in [4.78, 5) is 24.0. The van der Waals surface area contributed by atoms with Gasteiger partial charge in [-0.1, -0.05) is 0 Å². The first kappa shape index (κ1) is 13.2. The van der Waals surface area contributed by atoms with Crippen molar-refractivity contribution in [2.24, 2.45) is 0 Å². The lowest BCUT2D eigenvalue weighted by atomic mass is 10.1. The number of halogens is 1. The second-order valence-electron chi connectivity index (χ2n) is 3.75. The first-order valence-electron chi connectivity index (χ1n) is 5.03. The van der Waals surface area contributed by atoms with E-state index in [-0.39, 0.29) is 12.1 Å². The van der Waals surface area contributed by atoms with Gasteiger partial charge in [-0.05, 0) is 30.7 Å². The lowest BCUT2D eigenvalue weighted by Gasteiger charge is -2.15. The molecule has 0 atom stereocenters. The van der Waals surface area contributed by atoms with Crippen LogP contribution in [0.1, 0.15) is 15.9 Å². The van der Waals surface area contributed by atoms with E-state index in [2.05, 4.69) is 4.74 Å². The number of methoxy groups -OCH3 is 1. The van der Waals surface area contributed by atoms with Gasteiger partial charge >= 0.3 is 5.97 Å². The SMILES string of the molecule is COC(=O)CN(C)C(=O)c1cc(C)cc(F)c1. The molecule has 0 aliphatic heterocycles. The van der Waals surface area contributed by atoms with Gasteiger partial charge in [-0.15, -0.1) is 0 Å². The van der Waals surface area contributed by atoms with E-state index in [1.54, 1.807) is 13.0 Å². The lowest BCUT2D eigenvalue weighted by molar-refractivity contribution is -0.141. The van der Waals surface area contributed by atoms with Crippen molar-refractivity contribution in [3.8, 4) is 0 Å². The van der Waals surface area contributed by atoms with Crippen LogP contribution in [0.5, 0.6) is 0 Å². The van der Waals surface area contributed by atoms with E-state index >= 15 is 0 Å². The van der Waals surface area contributed by atoms with Crippen LogP contribution in [-0.4, -0.2) is 37.5 Å². The van der Waals surface area contributed by atoms with Crippen molar-refractivity contribution in [1.29, 1.82) is 0 Å². The number of hydrogen-bond donors (Lipinski definition) is 0. The zero-order chi connectivity index (χ0) is 13.0. The second-order valence-corrected chi connectivity index (χ2v) is 3.75. The first-order chi connectivity index (χ1) is 7.93. The van der Waals surface area contributed by atoms with Crippen molar-refractivity contribution in [2.75, 3.05) is 20.7 Å². The predicted molar refractivity (Wildman–Crippen MR) is 60.1 cm³/mol. The normalized spacial score (nSPS) is 9.88. The van der Waals surface area contributed by atoms with Gasteiger partial charge < -0.3 is 9.64 Å². The molecule has 0 heterocycles. The van der Waals surface area contributed by atoms with Crippen LogP contribution in [-0.2, 0) is 9.53 Å². The summed E-state index contributed by atoms with van der Waals surface area (Å²) in [6, 6.07) is 4.04. The summed E-state index contributed by atoms with van der Waals surface area (Å²) in [5.74, 6) is -1.41. The van der Waals surface area contributed by atoms with Gasteiger partial charge in [-0.3, -0.25) is 9.59 Å². The number of ether oxygens (including phenoxy) is 1. The summed E-state index contributed by atoms with van der Waals surface area (Å²) in [7, 11) is 2.70. The van der Waals surface area contributed by atoms with Gasteiger partial charge in [0.1, 0.15) is 12.4 Å². The largest absolute Gasteiger partial charge is 0.468 e. The Morgan fingerprint density at radius 1 is 1.35 bits per heavy atom. The van der Waals surface area contributed by atoms with Crippen LogP contribution < -0.4 is 0 Å². The van der Waals surface area contributed by atoms with Gasteiger partial charge in [0, 0.05) is 12.6 Å². The van der Waals surface area contributed by atoms with E-state index in [0.717, 1.165) is 6.07 Å². The number of likely N-dealkylation sites (N-methyl/N-ethyl adjacent to an activating group) is 1. The molecule has 0 aromatic heterocycles. The van der Waals surface area contributed by atoms with Crippen LogP contribution in [0.2, 0.25) is 0 Å². The summed E-state index contributed by atoms with van der Waals surface area (Å²) in [5, 5.41) is 0. The Kier molecular flexibility index (Phi) is 4.20. The van der Waals surface area contributed by atoms with Crippen LogP contribution in [0.3, 0.4) is 0 Å². The molecule has 0 aliphatic rings. The van der Waals surface area contributed by atoms with Crippen LogP contribution in [0.15, 0.2) is 18.2 Å². The smallest absolute Gasteiger partial charge is 0.325 e. The maximum absolute atomic E-state index is 13.1. The third-order valence-electron chi connectivity index (χ3n) is 2.23. The number of amides is 1. The highest BCUT2D eigenvalue weighted by molar-refractivity contribution is 5.95. The van der Waals surface area contributed by atoms with Gasteiger partial charge in [0.2, 0.25) is 0 Å². The highest BCUT2D eigenvalue weighted by atomic mass is 19.1. The van der Waals surface area contributed by atoms with Crippen LogP contribution in [0.25, 0.3) is 0 Å². The Balaban J connectivity index is 2.85.